The van der Waals surface area contributed by atoms with Crippen LogP contribution in [0.2, 0.25) is 0 Å². The molecule has 1 unspecified atom stereocenters. The standard InChI is InChI=1S/C17H18O2/c18-14-5-3-4-12(10-14)11-17(19)16-7-2-1-6-15(16)13-8-9-13/h1-7,10,13,17-19H,8-9,11H2. The maximum atomic E-state index is 10.4. The molecule has 1 aliphatic carbocycles. The van der Waals surface area contributed by atoms with E-state index in [9.17, 15) is 10.2 Å². The van der Waals surface area contributed by atoms with Gasteiger partial charge in [-0.3, -0.25) is 0 Å². The Balaban J connectivity index is 1.82. The van der Waals surface area contributed by atoms with E-state index in [1.165, 1.54) is 18.4 Å². The Morgan fingerprint density at radius 1 is 1.05 bits per heavy atom. The van der Waals surface area contributed by atoms with E-state index in [1.54, 1.807) is 12.1 Å². The van der Waals surface area contributed by atoms with Gasteiger partial charge in [0.1, 0.15) is 5.75 Å². The maximum Gasteiger partial charge on any atom is 0.115 e. The number of aromatic hydroxyl groups is 1. The molecule has 98 valence electrons. The molecule has 2 N–H and O–H groups in total. The van der Waals surface area contributed by atoms with E-state index >= 15 is 0 Å². The molecular weight excluding hydrogens is 236 g/mol. The first-order valence-electron chi connectivity index (χ1n) is 6.79. The molecule has 0 radical (unpaired) electrons. The van der Waals surface area contributed by atoms with Crippen molar-refractivity contribution in [2.75, 3.05) is 0 Å². The Morgan fingerprint density at radius 3 is 2.58 bits per heavy atom. The molecule has 1 fully saturated rings. The highest BCUT2D eigenvalue weighted by atomic mass is 16.3. The fourth-order valence-electron chi connectivity index (χ4n) is 2.60. The van der Waals surface area contributed by atoms with Crippen molar-refractivity contribution in [3.8, 4) is 5.75 Å². The number of hydrogen-bond donors (Lipinski definition) is 2. The van der Waals surface area contributed by atoms with E-state index in [0.717, 1.165) is 11.1 Å². The molecule has 2 aromatic carbocycles. The average Bonchev–Trinajstić information content (AvgIpc) is 3.23. The summed E-state index contributed by atoms with van der Waals surface area (Å²) in [6.07, 6.45) is 2.50. The lowest BCUT2D eigenvalue weighted by Gasteiger charge is -2.15. The van der Waals surface area contributed by atoms with Gasteiger partial charge in [0, 0.05) is 6.42 Å². The normalized spacial score (nSPS) is 16.3. The van der Waals surface area contributed by atoms with Gasteiger partial charge in [0.2, 0.25) is 0 Å². The van der Waals surface area contributed by atoms with Gasteiger partial charge < -0.3 is 10.2 Å². The van der Waals surface area contributed by atoms with Crippen LogP contribution in [0.1, 0.15) is 41.6 Å². The summed E-state index contributed by atoms with van der Waals surface area (Å²) < 4.78 is 0. The Morgan fingerprint density at radius 2 is 1.84 bits per heavy atom. The van der Waals surface area contributed by atoms with Crippen LogP contribution in [0.5, 0.6) is 5.75 Å². The molecule has 0 spiro atoms. The van der Waals surface area contributed by atoms with Crippen LogP contribution in [-0.2, 0) is 6.42 Å². The third-order valence-electron chi connectivity index (χ3n) is 3.71. The first-order valence-corrected chi connectivity index (χ1v) is 6.79. The highest BCUT2D eigenvalue weighted by Crippen LogP contribution is 2.43. The Bertz CT molecular complexity index is 573. The predicted molar refractivity (Wildman–Crippen MR) is 75.2 cm³/mol. The average molecular weight is 254 g/mol. The summed E-state index contributed by atoms with van der Waals surface area (Å²) in [5, 5.41) is 19.9. The van der Waals surface area contributed by atoms with Crippen molar-refractivity contribution >= 4 is 0 Å². The summed E-state index contributed by atoms with van der Waals surface area (Å²) in [5.74, 6) is 0.884. The van der Waals surface area contributed by atoms with Crippen LogP contribution in [0.15, 0.2) is 48.5 Å². The van der Waals surface area contributed by atoms with Crippen molar-refractivity contribution in [3.05, 3.63) is 65.2 Å². The van der Waals surface area contributed by atoms with Gasteiger partial charge in [-0.2, -0.15) is 0 Å². The number of phenolic OH excluding ortho intramolecular Hbond substituents is 1. The second kappa shape index (κ2) is 5.06. The van der Waals surface area contributed by atoms with E-state index < -0.39 is 6.10 Å². The van der Waals surface area contributed by atoms with Gasteiger partial charge >= 0.3 is 0 Å². The number of phenols is 1. The summed E-state index contributed by atoms with van der Waals surface area (Å²) in [7, 11) is 0. The number of aliphatic hydroxyl groups excluding tert-OH is 1. The van der Waals surface area contributed by atoms with Crippen molar-refractivity contribution < 1.29 is 10.2 Å². The maximum absolute atomic E-state index is 10.4. The van der Waals surface area contributed by atoms with Crippen LogP contribution >= 0.6 is 0 Å². The zero-order valence-corrected chi connectivity index (χ0v) is 10.8. The topological polar surface area (TPSA) is 40.5 Å². The van der Waals surface area contributed by atoms with Gasteiger partial charge in [0.15, 0.2) is 0 Å². The molecule has 3 rings (SSSR count). The smallest absolute Gasteiger partial charge is 0.115 e. The number of rotatable bonds is 4. The molecule has 0 heterocycles. The SMILES string of the molecule is Oc1cccc(CC(O)c2ccccc2C2CC2)c1. The summed E-state index contributed by atoms with van der Waals surface area (Å²) in [6, 6.07) is 15.3. The van der Waals surface area contributed by atoms with Crippen molar-refractivity contribution in [2.24, 2.45) is 0 Å². The highest BCUT2D eigenvalue weighted by Gasteiger charge is 2.27. The molecule has 1 saturated carbocycles. The van der Waals surface area contributed by atoms with E-state index in [-0.39, 0.29) is 5.75 Å². The fraction of sp³-hybridized carbons (Fsp3) is 0.294. The zero-order valence-electron chi connectivity index (χ0n) is 10.8. The lowest BCUT2D eigenvalue weighted by molar-refractivity contribution is 0.177. The van der Waals surface area contributed by atoms with E-state index in [1.807, 2.05) is 30.3 Å². The molecule has 0 aliphatic heterocycles. The lowest BCUT2D eigenvalue weighted by atomic mass is 9.95. The Hall–Kier alpha value is -1.80. The summed E-state index contributed by atoms with van der Waals surface area (Å²) in [6.45, 7) is 0. The van der Waals surface area contributed by atoms with Gasteiger partial charge in [0.05, 0.1) is 6.10 Å². The van der Waals surface area contributed by atoms with Crippen LogP contribution in [0, 0.1) is 0 Å². The summed E-state index contributed by atoms with van der Waals surface area (Å²) in [5.41, 5.74) is 3.28. The molecule has 2 aromatic rings. The molecule has 2 nitrogen and oxygen atoms in total. The minimum atomic E-state index is -0.501. The van der Waals surface area contributed by atoms with Gasteiger partial charge in [-0.05, 0) is 47.6 Å². The molecule has 0 aromatic heterocycles. The van der Waals surface area contributed by atoms with Gasteiger partial charge in [-0.15, -0.1) is 0 Å². The second-order valence-corrected chi connectivity index (χ2v) is 5.29. The highest BCUT2D eigenvalue weighted by molar-refractivity contribution is 5.36. The summed E-state index contributed by atoms with van der Waals surface area (Å²) >= 11 is 0. The van der Waals surface area contributed by atoms with E-state index in [2.05, 4.69) is 6.07 Å². The Kier molecular flexibility index (Phi) is 3.26. The zero-order chi connectivity index (χ0) is 13.2. The molecule has 1 atom stereocenters. The van der Waals surface area contributed by atoms with Crippen molar-refractivity contribution in [1.82, 2.24) is 0 Å². The van der Waals surface area contributed by atoms with Gasteiger partial charge in [-0.1, -0.05) is 36.4 Å². The van der Waals surface area contributed by atoms with E-state index in [4.69, 9.17) is 0 Å². The monoisotopic (exact) mass is 254 g/mol. The third kappa shape index (κ3) is 2.79. The van der Waals surface area contributed by atoms with Crippen LogP contribution in [0.3, 0.4) is 0 Å². The van der Waals surface area contributed by atoms with Crippen LogP contribution in [0.4, 0.5) is 0 Å². The second-order valence-electron chi connectivity index (χ2n) is 5.29. The first kappa shape index (κ1) is 12.2. The van der Waals surface area contributed by atoms with Crippen LogP contribution < -0.4 is 0 Å². The number of aliphatic hydroxyl groups is 1. The van der Waals surface area contributed by atoms with E-state index in [0.29, 0.717) is 12.3 Å². The third-order valence-corrected chi connectivity index (χ3v) is 3.71. The fourth-order valence-corrected chi connectivity index (χ4v) is 2.60. The lowest BCUT2D eigenvalue weighted by Crippen LogP contribution is -2.04. The van der Waals surface area contributed by atoms with Gasteiger partial charge in [-0.25, -0.2) is 0 Å². The van der Waals surface area contributed by atoms with Crippen LogP contribution in [0.25, 0.3) is 0 Å². The molecule has 2 heteroatoms. The number of hydrogen-bond acceptors (Lipinski definition) is 2. The molecular formula is C17H18O2. The molecule has 0 saturated heterocycles. The van der Waals surface area contributed by atoms with Crippen molar-refractivity contribution in [3.63, 3.8) is 0 Å². The molecule has 0 bridgehead atoms. The predicted octanol–water partition coefficient (Wildman–Crippen LogP) is 3.55. The van der Waals surface area contributed by atoms with Crippen molar-refractivity contribution in [2.45, 2.75) is 31.3 Å². The Labute approximate surface area is 113 Å². The molecule has 19 heavy (non-hydrogen) atoms. The molecule has 1 aliphatic rings. The number of benzene rings is 2. The van der Waals surface area contributed by atoms with Crippen molar-refractivity contribution in [1.29, 1.82) is 0 Å². The van der Waals surface area contributed by atoms with Crippen LogP contribution in [-0.4, -0.2) is 10.2 Å². The van der Waals surface area contributed by atoms with Gasteiger partial charge in [0.25, 0.3) is 0 Å². The minimum absolute atomic E-state index is 0.250. The largest absolute Gasteiger partial charge is 0.508 e. The minimum Gasteiger partial charge on any atom is -0.508 e. The summed E-state index contributed by atoms with van der Waals surface area (Å²) in [4.78, 5) is 0. The quantitative estimate of drug-likeness (QED) is 0.876. The first-order chi connectivity index (χ1) is 9.24. The molecule has 0 amide bonds.